The maximum absolute atomic E-state index is 11.8. The Balaban J connectivity index is 1.95. The molecule has 9 nitrogen and oxygen atoms in total. The maximum Gasteiger partial charge on any atom is 0.322 e. The highest BCUT2D eigenvalue weighted by molar-refractivity contribution is 7.90. The van der Waals surface area contributed by atoms with Gasteiger partial charge >= 0.3 is 6.03 Å². The van der Waals surface area contributed by atoms with Crippen LogP contribution in [0.1, 0.15) is 6.92 Å². The fraction of sp³-hybridized carbons (Fsp3) is 0.176. The molecule has 10 heteroatoms. The first-order valence-corrected chi connectivity index (χ1v) is 9.84. The van der Waals surface area contributed by atoms with Crippen molar-refractivity contribution < 1.29 is 18.0 Å². The molecule has 0 unspecified atom stereocenters. The van der Waals surface area contributed by atoms with E-state index in [0.717, 1.165) is 6.26 Å². The number of aromatic nitrogens is 3. The largest absolute Gasteiger partial charge is 0.331 e. The summed E-state index contributed by atoms with van der Waals surface area (Å²) in [4.78, 5) is 27.1. The number of amides is 2. The number of nitrogens with zero attached hydrogens (tertiary/aromatic N) is 3. The van der Waals surface area contributed by atoms with Crippen molar-refractivity contribution in [2.24, 2.45) is 0 Å². The fourth-order valence-corrected chi connectivity index (χ4v) is 3.08. The number of benzene rings is 1. The Hall–Kier alpha value is -3.27. The minimum atomic E-state index is -3.35. The third-order valence-corrected chi connectivity index (χ3v) is 4.75. The van der Waals surface area contributed by atoms with Crippen molar-refractivity contribution in [3.8, 4) is 11.3 Å². The van der Waals surface area contributed by atoms with Gasteiger partial charge in [0.2, 0.25) is 0 Å². The number of hydrogen-bond donors (Lipinski definition) is 2. The van der Waals surface area contributed by atoms with Crippen LogP contribution in [0.4, 0.5) is 10.7 Å². The van der Waals surface area contributed by atoms with Gasteiger partial charge in [-0.1, -0.05) is 18.2 Å². The van der Waals surface area contributed by atoms with Crippen molar-refractivity contribution >= 4 is 33.2 Å². The van der Waals surface area contributed by atoms with Crippen LogP contribution in [-0.2, 0) is 14.6 Å². The summed E-state index contributed by atoms with van der Waals surface area (Å²) in [5.41, 5.74) is 1.72. The van der Waals surface area contributed by atoms with E-state index in [-0.39, 0.29) is 23.2 Å². The van der Waals surface area contributed by atoms with Crippen molar-refractivity contribution in [3.05, 3.63) is 42.5 Å². The SMILES string of the molecule is CC(=O)CNC(=O)Nc1nc2cccc(-c3cccc(S(C)(=O)=O)c3)n2n1. The predicted octanol–water partition coefficient (Wildman–Crippen LogP) is 1.51. The molecule has 0 aliphatic heterocycles. The molecule has 2 heterocycles. The molecule has 0 radical (unpaired) electrons. The highest BCUT2D eigenvalue weighted by Crippen LogP contribution is 2.23. The van der Waals surface area contributed by atoms with E-state index in [2.05, 4.69) is 20.7 Å². The molecule has 0 fully saturated rings. The zero-order valence-electron chi connectivity index (χ0n) is 14.6. The highest BCUT2D eigenvalue weighted by Gasteiger charge is 2.13. The van der Waals surface area contributed by atoms with Gasteiger partial charge < -0.3 is 5.32 Å². The van der Waals surface area contributed by atoms with E-state index in [1.54, 1.807) is 36.4 Å². The Morgan fingerprint density at radius 1 is 1.15 bits per heavy atom. The van der Waals surface area contributed by atoms with Crippen molar-refractivity contribution in [1.29, 1.82) is 0 Å². The molecule has 3 rings (SSSR count). The van der Waals surface area contributed by atoms with Gasteiger partial charge in [-0.3, -0.25) is 10.1 Å². The second-order valence-corrected chi connectivity index (χ2v) is 7.94. The first-order chi connectivity index (χ1) is 12.7. The van der Waals surface area contributed by atoms with E-state index in [9.17, 15) is 18.0 Å². The highest BCUT2D eigenvalue weighted by atomic mass is 32.2. The molecule has 0 aliphatic carbocycles. The third-order valence-electron chi connectivity index (χ3n) is 3.64. The molecule has 2 aromatic heterocycles. The number of fused-ring (bicyclic) bond motifs is 1. The average Bonchev–Trinajstić information content (AvgIpc) is 3.01. The summed E-state index contributed by atoms with van der Waals surface area (Å²) < 4.78 is 25.1. The number of rotatable bonds is 5. The molecule has 140 valence electrons. The molecular weight excluding hydrogens is 370 g/mol. The van der Waals surface area contributed by atoms with Crippen LogP contribution >= 0.6 is 0 Å². The maximum atomic E-state index is 11.8. The number of ketones is 1. The van der Waals surface area contributed by atoms with Crippen molar-refractivity contribution in [2.45, 2.75) is 11.8 Å². The Kier molecular flexibility index (Phi) is 4.91. The molecule has 2 amide bonds. The standard InChI is InChI=1S/C17H17N5O4S/c1-11(23)10-18-17(24)20-16-19-15-8-4-7-14(22(15)21-16)12-5-3-6-13(9-12)27(2,25)26/h3-9H,10H2,1-2H3,(H2,18,20,21,24). The van der Waals surface area contributed by atoms with E-state index >= 15 is 0 Å². The van der Waals surface area contributed by atoms with Crippen LogP contribution in [0.2, 0.25) is 0 Å². The molecule has 0 atom stereocenters. The number of carbonyl (C=O) groups is 2. The molecule has 3 aromatic rings. The number of nitrogens with one attached hydrogen (secondary N) is 2. The lowest BCUT2D eigenvalue weighted by Crippen LogP contribution is -2.32. The zero-order chi connectivity index (χ0) is 19.6. The number of carbonyl (C=O) groups excluding carboxylic acids is 2. The van der Waals surface area contributed by atoms with Gasteiger partial charge in [0.05, 0.1) is 17.1 Å². The zero-order valence-corrected chi connectivity index (χ0v) is 15.4. The number of sulfone groups is 1. The summed E-state index contributed by atoms with van der Waals surface area (Å²) in [6.07, 6.45) is 1.14. The summed E-state index contributed by atoms with van der Waals surface area (Å²) in [6.45, 7) is 1.27. The van der Waals surface area contributed by atoms with Crippen LogP contribution < -0.4 is 10.6 Å². The minimum absolute atomic E-state index is 0.0581. The molecular formula is C17H17N5O4S. The molecule has 1 aromatic carbocycles. The Morgan fingerprint density at radius 2 is 1.89 bits per heavy atom. The lowest BCUT2D eigenvalue weighted by Gasteiger charge is -2.06. The molecule has 27 heavy (non-hydrogen) atoms. The number of pyridine rings is 1. The van der Waals surface area contributed by atoms with Crippen LogP contribution in [0.5, 0.6) is 0 Å². The molecule has 0 aliphatic rings. The molecule has 0 spiro atoms. The van der Waals surface area contributed by atoms with Gasteiger partial charge in [0.1, 0.15) is 5.78 Å². The lowest BCUT2D eigenvalue weighted by molar-refractivity contribution is -0.116. The summed E-state index contributed by atoms with van der Waals surface area (Å²) in [6, 6.07) is 11.1. The smallest absolute Gasteiger partial charge is 0.322 e. The Labute approximate surface area is 155 Å². The average molecular weight is 387 g/mol. The van der Waals surface area contributed by atoms with Gasteiger partial charge in [-0.05, 0) is 31.2 Å². The van der Waals surface area contributed by atoms with Crippen LogP contribution in [0.3, 0.4) is 0 Å². The van der Waals surface area contributed by atoms with Gasteiger partial charge in [0.15, 0.2) is 15.5 Å². The number of hydrogen-bond acceptors (Lipinski definition) is 6. The summed E-state index contributed by atoms with van der Waals surface area (Å²) >= 11 is 0. The topological polar surface area (TPSA) is 123 Å². The van der Waals surface area contributed by atoms with E-state index in [1.807, 2.05) is 0 Å². The van der Waals surface area contributed by atoms with E-state index in [4.69, 9.17) is 0 Å². The van der Waals surface area contributed by atoms with Gasteiger partial charge in [0.25, 0.3) is 5.95 Å². The van der Waals surface area contributed by atoms with Gasteiger partial charge in [-0.25, -0.2) is 17.7 Å². The molecule has 0 bridgehead atoms. The van der Waals surface area contributed by atoms with Crippen LogP contribution in [0, 0.1) is 0 Å². The van der Waals surface area contributed by atoms with Crippen molar-refractivity contribution in [2.75, 3.05) is 18.1 Å². The summed E-state index contributed by atoms with van der Waals surface area (Å²) in [5.74, 6) is -0.121. The van der Waals surface area contributed by atoms with Gasteiger partial charge in [0, 0.05) is 11.8 Å². The summed E-state index contributed by atoms with van der Waals surface area (Å²) in [5, 5.41) is 9.10. The first-order valence-electron chi connectivity index (χ1n) is 7.94. The first kappa shape index (κ1) is 18.5. The Bertz CT molecular complexity index is 1140. The minimum Gasteiger partial charge on any atom is -0.331 e. The third kappa shape index (κ3) is 4.29. The van der Waals surface area contributed by atoms with Crippen molar-refractivity contribution in [3.63, 3.8) is 0 Å². The Morgan fingerprint density at radius 3 is 2.59 bits per heavy atom. The van der Waals surface area contributed by atoms with Crippen LogP contribution in [-0.4, -0.2) is 47.6 Å². The molecule has 0 saturated heterocycles. The second kappa shape index (κ2) is 7.16. The van der Waals surface area contributed by atoms with E-state index in [1.165, 1.54) is 17.5 Å². The number of anilines is 1. The van der Waals surface area contributed by atoms with Gasteiger partial charge in [-0.2, -0.15) is 4.98 Å². The molecule has 0 saturated carbocycles. The number of Topliss-reactive ketones (excluding diaryl/α,β-unsaturated/α-hetero) is 1. The van der Waals surface area contributed by atoms with Crippen LogP contribution in [0.15, 0.2) is 47.4 Å². The van der Waals surface area contributed by atoms with Gasteiger partial charge in [-0.15, -0.1) is 5.10 Å². The van der Waals surface area contributed by atoms with Crippen LogP contribution in [0.25, 0.3) is 16.9 Å². The lowest BCUT2D eigenvalue weighted by atomic mass is 10.1. The van der Waals surface area contributed by atoms with Crippen molar-refractivity contribution in [1.82, 2.24) is 19.9 Å². The van der Waals surface area contributed by atoms with E-state index in [0.29, 0.717) is 16.9 Å². The number of urea groups is 1. The normalized spacial score (nSPS) is 11.3. The monoisotopic (exact) mass is 387 g/mol. The fourth-order valence-electron chi connectivity index (χ4n) is 2.41. The second-order valence-electron chi connectivity index (χ2n) is 5.93. The predicted molar refractivity (Wildman–Crippen MR) is 99.2 cm³/mol. The summed E-state index contributed by atoms with van der Waals surface area (Å²) in [7, 11) is -3.35. The van der Waals surface area contributed by atoms with E-state index < -0.39 is 15.9 Å². The quantitative estimate of drug-likeness (QED) is 0.684. The molecule has 2 N–H and O–H groups in total.